The summed E-state index contributed by atoms with van der Waals surface area (Å²) < 4.78 is 0. The van der Waals surface area contributed by atoms with E-state index in [0.29, 0.717) is 17.7 Å². The van der Waals surface area contributed by atoms with Gasteiger partial charge in [0, 0.05) is 19.2 Å². The Kier molecular flexibility index (Phi) is 6.99. The highest BCUT2D eigenvalue weighted by atomic mass is 16.2. The summed E-state index contributed by atoms with van der Waals surface area (Å²) in [6, 6.07) is 6.93. The van der Waals surface area contributed by atoms with E-state index in [0.717, 1.165) is 6.42 Å². The Labute approximate surface area is 125 Å². The molecule has 5 nitrogen and oxygen atoms in total. The lowest BCUT2D eigenvalue weighted by molar-refractivity contribution is -0.121. The highest BCUT2D eigenvalue weighted by Crippen LogP contribution is 2.11. The molecule has 0 spiro atoms. The molecule has 0 atom stereocenters. The fraction of sp³-hybridized carbons (Fsp3) is 0.375. The van der Waals surface area contributed by atoms with Crippen LogP contribution in [0.4, 0.5) is 0 Å². The van der Waals surface area contributed by atoms with Crippen LogP contribution in [0.15, 0.2) is 24.3 Å². The molecule has 1 rings (SSSR count). The molecule has 0 heterocycles. The third-order valence-electron chi connectivity index (χ3n) is 2.85. The van der Waals surface area contributed by atoms with Crippen molar-refractivity contribution in [2.24, 2.45) is 0 Å². The standard InChI is InChI=1S/C16H20N2O3/c1-3-10-18(12-15(20)17-2)16(21)14-9-5-4-7-13(14)8-6-11-19/h4-5,7,9,19H,3,10-12H2,1-2H3,(H,17,20). The van der Waals surface area contributed by atoms with Crippen LogP contribution in [-0.2, 0) is 4.79 Å². The van der Waals surface area contributed by atoms with Gasteiger partial charge < -0.3 is 15.3 Å². The van der Waals surface area contributed by atoms with E-state index in [2.05, 4.69) is 17.2 Å². The van der Waals surface area contributed by atoms with Gasteiger partial charge in [0.1, 0.15) is 6.61 Å². The van der Waals surface area contributed by atoms with Crippen LogP contribution in [-0.4, -0.2) is 48.6 Å². The number of nitrogens with one attached hydrogen (secondary N) is 1. The van der Waals surface area contributed by atoms with Crippen molar-refractivity contribution < 1.29 is 14.7 Å². The molecule has 0 bridgehead atoms. The molecule has 0 radical (unpaired) electrons. The number of carbonyl (C=O) groups is 2. The smallest absolute Gasteiger partial charge is 0.255 e. The van der Waals surface area contributed by atoms with E-state index in [1.165, 1.54) is 11.9 Å². The Morgan fingerprint density at radius 2 is 2.05 bits per heavy atom. The molecule has 0 saturated carbocycles. The molecule has 0 saturated heterocycles. The second-order valence-electron chi connectivity index (χ2n) is 4.41. The number of likely N-dealkylation sites (N-methyl/N-ethyl adjacent to an activating group) is 1. The largest absolute Gasteiger partial charge is 0.384 e. The topological polar surface area (TPSA) is 69.6 Å². The van der Waals surface area contributed by atoms with Crippen molar-refractivity contribution in [2.75, 3.05) is 26.7 Å². The number of aliphatic hydroxyl groups excluding tert-OH is 1. The van der Waals surface area contributed by atoms with Crippen molar-refractivity contribution in [1.29, 1.82) is 0 Å². The Morgan fingerprint density at radius 3 is 2.67 bits per heavy atom. The van der Waals surface area contributed by atoms with Crippen LogP contribution in [0.25, 0.3) is 0 Å². The van der Waals surface area contributed by atoms with Crippen LogP contribution in [0, 0.1) is 11.8 Å². The second-order valence-corrected chi connectivity index (χ2v) is 4.41. The lowest BCUT2D eigenvalue weighted by atomic mass is 10.1. The first-order chi connectivity index (χ1) is 10.1. The summed E-state index contributed by atoms with van der Waals surface area (Å²) in [6.45, 7) is 2.19. The van der Waals surface area contributed by atoms with Gasteiger partial charge in [-0.15, -0.1) is 0 Å². The predicted octanol–water partition coefficient (Wildman–Crippen LogP) is 0.629. The monoisotopic (exact) mass is 288 g/mol. The zero-order valence-corrected chi connectivity index (χ0v) is 12.3. The Balaban J connectivity index is 3.05. The van der Waals surface area contributed by atoms with Gasteiger partial charge in [-0.05, 0) is 18.6 Å². The quantitative estimate of drug-likeness (QED) is 0.781. The number of benzene rings is 1. The van der Waals surface area contributed by atoms with Crippen LogP contribution < -0.4 is 5.32 Å². The van der Waals surface area contributed by atoms with Crippen molar-refractivity contribution in [3.63, 3.8) is 0 Å². The minimum Gasteiger partial charge on any atom is -0.384 e. The van der Waals surface area contributed by atoms with Crippen LogP contribution in [0.3, 0.4) is 0 Å². The minimum atomic E-state index is -0.264. The van der Waals surface area contributed by atoms with E-state index in [-0.39, 0.29) is 25.0 Å². The predicted molar refractivity (Wildman–Crippen MR) is 80.7 cm³/mol. The summed E-state index contributed by atoms with van der Waals surface area (Å²) in [7, 11) is 1.54. The maximum Gasteiger partial charge on any atom is 0.255 e. The van der Waals surface area contributed by atoms with E-state index in [9.17, 15) is 9.59 Å². The molecule has 1 aromatic carbocycles. The number of carbonyl (C=O) groups excluding carboxylic acids is 2. The maximum atomic E-state index is 12.6. The number of amides is 2. The van der Waals surface area contributed by atoms with Gasteiger partial charge in [0.05, 0.1) is 12.1 Å². The molecule has 1 aromatic rings. The first-order valence-electron chi connectivity index (χ1n) is 6.82. The van der Waals surface area contributed by atoms with E-state index < -0.39 is 0 Å². The summed E-state index contributed by atoms with van der Waals surface area (Å²) in [5.41, 5.74) is 0.991. The second kappa shape index (κ2) is 8.77. The van der Waals surface area contributed by atoms with Crippen LogP contribution in [0.1, 0.15) is 29.3 Å². The van der Waals surface area contributed by atoms with Gasteiger partial charge in [0.2, 0.25) is 5.91 Å². The normalized spacial score (nSPS) is 9.48. The van der Waals surface area contributed by atoms with Crippen LogP contribution >= 0.6 is 0 Å². The first kappa shape index (κ1) is 16.7. The lowest BCUT2D eigenvalue weighted by Crippen LogP contribution is -2.40. The Morgan fingerprint density at radius 1 is 1.33 bits per heavy atom. The molecule has 0 fully saturated rings. The Bertz CT molecular complexity index is 558. The molecule has 0 aromatic heterocycles. The molecular formula is C16H20N2O3. The van der Waals surface area contributed by atoms with E-state index in [4.69, 9.17) is 5.11 Å². The van der Waals surface area contributed by atoms with Crippen LogP contribution in [0.2, 0.25) is 0 Å². The van der Waals surface area contributed by atoms with Gasteiger partial charge in [0.25, 0.3) is 5.91 Å². The third kappa shape index (κ3) is 4.93. The molecule has 5 heteroatoms. The maximum absolute atomic E-state index is 12.6. The molecule has 0 aliphatic rings. The number of aliphatic hydroxyl groups is 1. The summed E-state index contributed by atoms with van der Waals surface area (Å²) >= 11 is 0. The number of hydrogen-bond donors (Lipinski definition) is 2. The van der Waals surface area contributed by atoms with E-state index in [1.807, 2.05) is 6.92 Å². The summed E-state index contributed by atoms with van der Waals surface area (Å²) in [4.78, 5) is 25.6. The van der Waals surface area contributed by atoms with Crippen molar-refractivity contribution in [3.05, 3.63) is 35.4 Å². The van der Waals surface area contributed by atoms with Crippen molar-refractivity contribution in [1.82, 2.24) is 10.2 Å². The molecular weight excluding hydrogens is 268 g/mol. The summed E-state index contributed by atoms with van der Waals surface area (Å²) in [5, 5.41) is 11.3. The molecule has 112 valence electrons. The van der Waals surface area contributed by atoms with Crippen molar-refractivity contribution in [2.45, 2.75) is 13.3 Å². The molecule has 21 heavy (non-hydrogen) atoms. The van der Waals surface area contributed by atoms with Crippen molar-refractivity contribution >= 4 is 11.8 Å². The van der Waals surface area contributed by atoms with Gasteiger partial charge in [-0.2, -0.15) is 0 Å². The van der Waals surface area contributed by atoms with E-state index >= 15 is 0 Å². The third-order valence-corrected chi connectivity index (χ3v) is 2.85. The zero-order chi connectivity index (χ0) is 15.7. The highest BCUT2D eigenvalue weighted by molar-refractivity contribution is 5.98. The average molecular weight is 288 g/mol. The van der Waals surface area contributed by atoms with Gasteiger partial charge >= 0.3 is 0 Å². The van der Waals surface area contributed by atoms with Crippen molar-refractivity contribution in [3.8, 4) is 11.8 Å². The van der Waals surface area contributed by atoms with Crippen LogP contribution in [0.5, 0.6) is 0 Å². The molecule has 2 N–H and O–H groups in total. The van der Waals surface area contributed by atoms with Gasteiger partial charge in [0.15, 0.2) is 0 Å². The minimum absolute atomic E-state index is 0.0188. The molecule has 0 aliphatic heterocycles. The molecule has 0 aliphatic carbocycles. The molecule has 0 unspecified atom stereocenters. The number of rotatable bonds is 5. The van der Waals surface area contributed by atoms with Gasteiger partial charge in [-0.1, -0.05) is 30.9 Å². The molecule has 2 amide bonds. The first-order valence-corrected chi connectivity index (χ1v) is 6.82. The fourth-order valence-electron chi connectivity index (χ4n) is 1.86. The van der Waals surface area contributed by atoms with Gasteiger partial charge in [-0.25, -0.2) is 0 Å². The SMILES string of the molecule is CCCN(CC(=O)NC)C(=O)c1ccccc1C#CCO. The van der Waals surface area contributed by atoms with Gasteiger partial charge in [-0.3, -0.25) is 9.59 Å². The Hall–Kier alpha value is -2.32. The number of nitrogens with zero attached hydrogens (tertiary/aromatic N) is 1. The van der Waals surface area contributed by atoms with E-state index in [1.54, 1.807) is 24.3 Å². The summed E-state index contributed by atoms with van der Waals surface area (Å²) in [5.74, 6) is 4.85. The lowest BCUT2D eigenvalue weighted by Gasteiger charge is -2.21. The number of hydrogen-bond acceptors (Lipinski definition) is 3. The summed E-state index contributed by atoms with van der Waals surface area (Å²) in [6.07, 6.45) is 0.757. The average Bonchev–Trinajstić information content (AvgIpc) is 2.51. The zero-order valence-electron chi connectivity index (χ0n) is 12.3. The fourth-order valence-corrected chi connectivity index (χ4v) is 1.86. The highest BCUT2D eigenvalue weighted by Gasteiger charge is 2.19.